The lowest BCUT2D eigenvalue weighted by Crippen LogP contribution is -1.98. The van der Waals surface area contributed by atoms with Crippen LogP contribution in [0.1, 0.15) is 13.3 Å². The third-order valence-electron chi connectivity index (χ3n) is 2.10. The molecule has 1 aromatic heterocycles. The van der Waals surface area contributed by atoms with Gasteiger partial charge in [-0.3, -0.25) is 4.68 Å². The SMILES string of the molecule is CCCn1nc(I)c2cc(F)ccc21. The summed E-state index contributed by atoms with van der Waals surface area (Å²) in [5.74, 6) is -0.202. The predicted molar refractivity (Wildman–Crippen MR) is 62.7 cm³/mol. The van der Waals surface area contributed by atoms with Crippen LogP contribution in [0.5, 0.6) is 0 Å². The molecule has 0 fully saturated rings. The van der Waals surface area contributed by atoms with Crippen LogP contribution in [-0.4, -0.2) is 9.78 Å². The van der Waals surface area contributed by atoms with Gasteiger partial charge in [0, 0.05) is 11.9 Å². The minimum absolute atomic E-state index is 0.202. The van der Waals surface area contributed by atoms with Crippen LogP contribution in [-0.2, 0) is 6.54 Å². The van der Waals surface area contributed by atoms with Crippen molar-refractivity contribution in [2.45, 2.75) is 19.9 Å². The quantitative estimate of drug-likeness (QED) is 0.779. The first-order chi connectivity index (χ1) is 6.72. The van der Waals surface area contributed by atoms with Gasteiger partial charge in [0.2, 0.25) is 0 Å². The second-order valence-electron chi connectivity index (χ2n) is 3.18. The molecule has 0 atom stereocenters. The molecule has 0 aliphatic heterocycles. The highest BCUT2D eigenvalue weighted by atomic mass is 127. The zero-order valence-electron chi connectivity index (χ0n) is 7.80. The van der Waals surface area contributed by atoms with Crippen LogP contribution in [0.3, 0.4) is 0 Å². The van der Waals surface area contributed by atoms with Crippen molar-refractivity contribution >= 4 is 33.5 Å². The summed E-state index contributed by atoms with van der Waals surface area (Å²) >= 11 is 2.14. The van der Waals surface area contributed by atoms with E-state index < -0.39 is 0 Å². The second-order valence-corrected chi connectivity index (χ2v) is 4.20. The van der Waals surface area contributed by atoms with E-state index in [9.17, 15) is 4.39 Å². The Morgan fingerprint density at radius 2 is 2.29 bits per heavy atom. The van der Waals surface area contributed by atoms with Crippen molar-refractivity contribution in [2.75, 3.05) is 0 Å². The Kier molecular flexibility index (Phi) is 2.71. The minimum atomic E-state index is -0.202. The number of benzene rings is 1. The number of nitrogens with zero attached hydrogens (tertiary/aromatic N) is 2. The van der Waals surface area contributed by atoms with Gasteiger partial charge >= 0.3 is 0 Å². The first kappa shape index (κ1) is 9.89. The van der Waals surface area contributed by atoms with Crippen molar-refractivity contribution in [1.29, 1.82) is 0 Å². The van der Waals surface area contributed by atoms with E-state index in [1.54, 1.807) is 6.07 Å². The van der Waals surface area contributed by atoms with Crippen molar-refractivity contribution in [3.05, 3.63) is 27.7 Å². The molecular formula is C10H10FIN2. The summed E-state index contributed by atoms with van der Waals surface area (Å²) in [7, 11) is 0. The molecule has 0 radical (unpaired) electrons. The lowest BCUT2D eigenvalue weighted by molar-refractivity contribution is 0.616. The highest BCUT2D eigenvalue weighted by molar-refractivity contribution is 14.1. The van der Waals surface area contributed by atoms with Gasteiger partial charge in [0.15, 0.2) is 0 Å². The molecule has 2 rings (SSSR count). The Balaban J connectivity index is 2.65. The molecule has 2 nitrogen and oxygen atoms in total. The first-order valence-corrected chi connectivity index (χ1v) is 5.62. The summed E-state index contributed by atoms with van der Waals surface area (Å²) in [6.45, 7) is 2.98. The Hall–Kier alpha value is -0.650. The van der Waals surface area contributed by atoms with E-state index in [1.807, 2.05) is 4.68 Å². The van der Waals surface area contributed by atoms with E-state index in [4.69, 9.17) is 0 Å². The van der Waals surface area contributed by atoms with Crippen LogP contribution in [0.2, 0.25) is 0 Å². The number of hydrogen-bond acceptors (Lipinski definition) is 1. The summed E-state index contributed by atoms with van der Waals surface area (Å²) in [5.41, 5.74) is 1.01. The smallest absolute Gasteiger partial charge is 0.131 e. The van der Waals surface area contributed by atoms with Gasteiger partial charge in [-0.05, 0) is 47.2 Å². The van der Waals surface area contributed by atoms with E-state index in [1.165, 1.54) is 12.1 Å². The second kappa shape index (κ2) is 3.84. The van der Waals surface area contributed by atoms with Gasteiger partial charge in [-0.25, -0.2) is 4.39 Å². The van der Waals surface area contributed by atoms with Crippen LogP contribution in [0, 0.1) is 9.52 Å². The third kappa shape index (κ3) is 1.63. The zero-order chi connectivity index (χ0) is 10.1. The standard InChI is InChI=1S/C10H10FIN2/c1-2-5-14-9-4-3-7(11)6-8(9)10(12)13-14/h3-4,6H,2,5H2,1H3. The molecule has 0 saturated heterocycles. The number of fused-ring (bicyclic) bond motifs is 1. The van der Waals surface area contributed by atoms with E-state index in [0.717, 1.165) is 27.6 Å². The predicted octanol–water partition coefficient (Wildman–Crippen LogP) is 3.19. The fourth-order valence-electron chi connectivity index (χ4n) is 1.49. The number of aryl methyl sites for hydroxylation is 1. The van der Waals surface area contributed by atoms with E-state index in [0.29, 0.717) is 0 Å². The first-order valence-electron chi connectivity index (χ1n) is 4.54. The van der Waals surface area contributed by atoms with E-state index in [-0.39, 0.29) is 5.82 Å². The molecular weight excluding hydrogens is 294 g/mol. The third-order valence-corrected chi connectivity index (χ3v) is 2.90. The fourth-order valence-corrected chi connectivity index (χ4v) is 2.19. The van der Waals surface area contributed by atoms with Crippen molar-refractivity contribution < 1.29 is 4.39 Å². The summed E-state index contributed by atoms with van der Waals surface area (Å²) in [5, 5.41) is 5.26. The molecule has 74 valence electrons. The summed E-state index contributed by atoms with van der Waals surface area (Å²) in [6.07, 6.45) is 1.03. The van der Waals surface area contributed by atoms with E-state index >= 15 is 0 Å². The largest absolute Gasteiger partial charge is 0.264 e. The normalized spacial score (nSPS) is 11.1. The molecule has 0 unspecified atom stereocenters. The summed E-state index contributed by atoms with van der Waals surface area (Å²) in [4.78, 5) is 0. The maximum Gasteiger partial charge on any atom is 0.131 e. The Labute approximate surface area is 95.2 Å². The van der Waals surface area contributed by atoms with Gasteiger partial charge in [-0.1, -0.05) is 6.92 Å². The highest BCUT2D eigenvalue weighted by Gasteiger charge is 2.07. The molecule has 2 aromatic rings. The van der Waals surface area contributed by atoms with Crippen LogP contribution in [0.4, 0.5) is 4.39 Å². The van der Waals surface area contributed by atoms with Crippen LogP contribution < -0.4 is 0 Å². The maximum atomic E-state index is 13.0. The Morgan fingerprint density at radius 1 is 1.50 bits per heavy atom. The maximum absolute atomic E-state index is 13.0. The molecule has 1 heterocycles. The van der Waals surface area contributed by atoms with Crippen molar-refractivity contribution in [1.82, 2.24) is 9.78 Å². The molecule has 0 N–H and O–H groups in total. The number of aromatic nitrogens is 2. The summed E-state index contributed by atoms with van der Waals surface area (Å²) < 4.78 is 15.8. The molecule has 1 aromatic carbocycles. The lowest BCUT2D eigenvalue weighted by Gasteiger charge is -1.99. The zero-order valence-corrected chi connectivity index (χ0v) is 9.95. The topological polar surface area (TPSA) is 17.8 Å². The van der Waals surface area contributed by atoms with Crippen molar-refractivity contribution in [2.24, 2.45) is 0 Å². The van der Waals surface area contributed by atoms with E-state index in [2.05, 4.69) is 34.6 Å². The van der Waals surface area contributed by atoms with Crippen molar-refractivity contribution in [3.63, 3.8) is 0 Å². The molecule has 0 saturated carbocycles. The fraction of sp³-hybridized carbons (Fsp3) is 0.300. The number of rotatable bonds is 2. The van der Waals surface area contributed by atoms with Crippen LogP contribution in [0.25, 0.3) is 10.9 Å². The van der Waals surface area contributed by atoms with Crippen LogP contribution >= 0.6 is 22.6 Å². The molecule has 0 bridgehead atoms. The highest BCUT2D eigenvalue weighted by Crippen LogP contribution is 2.21. The average Bonchev–Trinajstić information content (AvgIpc) is 2.44. The Morgan fingerprint density at radius 3 is 3.00 bits per heavy atom. The van der Waals surface area contributed by atoms with Gasteiger partial charge in [0.05, 0.1) is 5.52 Å². The van der Waals surface area contributed by atoms with Crippen molar-refractivity contribution in [3.8, 4) is 0 Å². The molecule has 14 heavy (non-hydrogen) atoms. The van der Waals surface area contributed by atoms with Crippen LogP contribution in [0.15, 0.2) is 18.2 Å². The van der Waals surface area contributed by atoms with Gasteiger partial charge in [-0.15, -0.1) is 0 Å². The average molecular weight is 304 g/mol. The van der Waals surface area contributed by atoms with Gasteiger partial charge in [-0.2, -0.15) is 5.10 Å². The Bertz CT molecular complexity index is 464. The number of halogens is 2. The molecule has 4 heteroatoms. The lowest BCUT2D eigenvalue weighted by atomic mass is 10.2. The molecule has 0 amide bonds. The monoisotopic (exact) mass is 304 g/mol. The summed E-state index contributed by atoms with van der Waals surface area (Å²) in [6, 6.07) is 4.80. The molecule has 0 spiro atoms. The number of hydrogen-bond donors (Lipinski definition) is 0. The van der Waals surface area contributed by atoms with Gasteiger partial charge < -0.3 is 0 Å². The van der Waals surface area contributed by atoms with Gasteiger partial charge in [0.25, 0.3) is 0 Å². The molecule has 0 aliphatic carbocycles. The van der Waals surface area contributed by atoms with Gasteiger partial charge in [0.1, 0.15) is 9.52 Å². The minimum Gasteiger partial charge on any atom is -0.264 e. The molecule has 0 aliphatic rings.